The SMILES string of the molecule is CCCc1cc(/C(CC(C)(C)C)=N\OC)ccc1OCCCOc1ccc(C2SC(=O)NC2=O)cc1. The van der Waals surface area contributed by atoms with E-state index in [4.69, 9.17) is 14.3 Å². The summed E-state index contributed by atoms with van der Waals surface area (Å²) in [4.78, 5) is 28.3. The molecule has 0 saturated carbocycles. The van der Waals surface area contributed by atoms with Crippen molar-refractivity contribution in [3.8, 4) is 11.5 Å². The molecule has 1 heterocycles. The predicted octanol–water partition coefficient (Wildman–Crippen LogP) is 6.30. The van der Waals surface area contributed by atoms with Crippen LogP contribution >= 0.6 is 11.8 Å². The molecular formula is C28H36N2O5S. The number of oxime groups is 1. The van der Waals surface area contributed by atoms with Crippen LogP contribution in [0.15, 0.2) is 47.6 Å². The Kier molecular flexibility index (Phi) is 9.81. The van der Waals surface area contributed by atoms with E-state index < -0.39 is 5.25 Å². The van der Waals surface area contributed by atoms with Crippen LogP contribution in [0.1, 0.15) is 68.9 Å². The molecule has 0 spiro atoms. The number of nitrogens with zero attached hydrogens (tertiary/aromatic N) is 1. The number of thioether (sulfide) groups is 1. The van der Waals surface area contributed by atoms with E-state index in [2.05, 4.69) is 44.2 Å². The first kappa shape index (κ1) is 27.6. The molecule has 1 saturated heterocycles. The second kappa shape index (κ2) is 12.8. The number of hydrogen-bond acceptors (Lipinski definition) is 7. The molecule has 0 aliphatic carbocycles. The molecule has 0 radical (unpaired) electrons. The van der Waals surface area contributed by atoms with Gasteiger partial charge in [-0.3, -0.25) is 14.9 Å². The van der Waals surface area contributed by atoms with E-state index >= 15 is 0 Å². The summed E-state index contributed by atoms with van der Waals surface area (Å²) in [6.45, 7) is 9.77. The van der Waals surface area contributed by atoms with E-state index in [0.717, 1.165) is 65.6 Å². The Balaban J connectivity index is 1.52. The molecule has 1 aliphatic heterocycles. The number of ether oxygens (including phenoxy) is 2. The number of aryl methyl sites for hydroxylation is 1. The Morgan fingerprint density at radius 2 is 1.78 bits per heavy atom. The Morgan fingerprint density at radius 3 is 2.39 bits per heavy atom. The highest BCUT2D eigenvalue weighted by atomic mass is 32.2. The second-order valence-electron chi connectivity index (χ2n) is 9.92. The standard InChI is InChI=1S/C28H36N2O5S/c1-6-8-21-17-20(23(30-33-5)18-28(2,3)4)11-14-24(21)35-16-7-15-34-22-12-9-19(10-13-22)25-26(31)29-27(32)36-25/h9-14,17,25H,6-8,15-16,18H2,1-5H3,(H,29,31,32)/b30-23-. The number of amides is 2. The molecule has 3 rings (SSSR count). The van der Waals surface area contributed by atoms with Crippen molar-refractivity contribution in [1.29, 1.82) is 0 Å². The van der Waals surface area contributed by atoms with Gasteiger partial charge < -0.3 is 14.3 Å². The van der Waals surface area contributed by atoms with E-state index in [9.17, 15) is 9.59 Å². The quantitative estimate of drug-likeness (QED) is 0.204. The third-order valence-electron chi connectivity index (χ3n) is 5.50. The minimum absolute atomic E-state index is 0.0981. The molecule has 1 atom stereocenters. The molecule has 0 aromatic heterocycles. The van der Waals surface area contributed by atoms with Gasteiger partial charge in [0.2, 0.25) is 5.91 Å². The lowest BCUT2D eigenvalue weighted by Gasteiger charge is -2.20. The number of imide groups is 1. The summed E-state index contributed by atoms with van der Waals surface area (Å²) in [6.07, 6.45) is 3.48. The summed E-state index contributed by atoms with van der Waals surface area (Å²) in [5.74, 6) is 1.33. The number of carbonyl (C=O) groups excluding carboxylic acids is 2. The summed E-state index contributed by atoms with van der Waals surface area (Å²) in [5, 5.41) is 5.79. The zero-order valence-electron chi connectivity index (χ0n) is 21.8. The molecule has 36 heavy (non-hydrogen) atoms. The lowest BCUT2D eigenvalue weighted by molar-refractivity contribution is -0.119. The molecule has 7 nitrogen and oxygen atoms in total. The average molecular weight is 513 g/mol. The third kappa shape index (κ3) is 8.01. The zero-order valence-corrected chi connectivity index (χ0v) is 22.6. The minimum atomic E-state index is -0.492. The van der Waals surface area contributed by atoms with Crippen LogP contribution < -0.4 is 14.8 Å². The first-order chi connectivity index (χ1) is 17.2. The van der Waals surface area contributed by atoms with Crippen LogP contribution in [0.3, 0.4) is 0 Å². The maximum atomic E-state index is 11.8. The Hall–Kier alpha value is -3.00. The second-order valence-corrected chi connectivity index (χ2v) is 11.0. The molecule has 2 aromatic rings. The van der Waals surface area contributed by atoms with E-state index in [1.807, 2.05) is 36.4 Å². The molecule has 1 fully saturated rings. The lowest BCUT2D eigenvalue weighted by Crippen LogP contribution is -2.20. The smallest absolute Gasteiger partial charge is 0.286 e. The summed E-state index contributed by atoms with van der Waals surface area (Å²) < 4.78 is 11.9. The van der Waals surface area contributed by atoms with Crippen molar-refractivity contribution in [1.82, 2.24) is 5.32 Å². The highest BCUT2D eigenvalue weighted by molar-refractivity contribution is 8.15. The summed E-state index contributed by atoms with van der Waals surface area (Å²) >= 11 is 0.997. The molecule has 1 aliphatic rings. The van der Waals surface area contributed by atoms with Crippen LogP contribution in [0.5, 0.6) is 11.5 Å². The highest BCUT2D eigenvalue weighted by Gasteiger charge is 2.32. The van der Waals surface area contributed by atoms with Gasteiger partial charge in [0.15, 0.2) is 0 Å². The topological polar surface area (TPSA) is 86.2 Å². The van der Waals surface area contributed by atoms with Crippen LogP contribution in [-0.2, 0) is 16.1 Å². The van der Waals surface area contributed by atoms with Gasteiger partial charge in [0, 0.05) is 6.42 Å². The van der Waals surface area contributed by atoms with E-state index in [0.29, 0.717) is 19.0 Å². The van der Waals surface area contributed by atoms with E-state index in [-0.39, 0.29) is 16.6 Å². The highest BCUT2D eigenvalue weighted by Crippen LogP contribution is 2.34. The van der Waals surface area contributed by atoms with Gasteiger partial charge in [-0.05, 0) is 77.0 Å². The van der Waals surface area contributed by atoms with E-state index in [1.54, 1.807) is 7.11 Å². The van der Waals surface area contributed by atoms with Crippen LogP contribution in [0.2, 0.25) is 0 Å². The van der Waals surface area contributed by atoms with Crippen molar-refractivity contribution < 1.29 is 23.9 Å². The first-order valence-electron chi connectivity index (χ1n) is 12.3. The third-order valence-corrected chi connectivity index (χ3v) is 6.54. The summed E-state index contributed by atoms with van der Waals surface area (Å²) in [7, 11) is 1.58. The van der Waals surface area contributed by atoms with Crippen molar-refractivity contribution in [2.45, 2.75) is 58.6 Å². The van der Waals surface area contributed by atoms with Gasteiger partial charge in [-0.2, -0.15) is 0 Å². The molecule has 194 valence electrons. The number of benzene rings is 2. The Bertz CT molecular complexity index is 1080. The van der Waals surface area contributed by atoms with Gasteiger partial charge in [0.1, 0.15) is 23.9 Å². The first-order valence-corrected chi connectivity index (χ1v) is 13.2. The van der Waals surface area contributed by atoms with Crippen LogP contribution in [0, 0.1) is 5.41 Å². The van der Waals surface area contributed by atoms with Gasteiger partial charge in [-0.25, -0.2) is 0 Å². The van der Waals surface area contributed by atoms with Gasteiger partial charge in [0.25, 0.3) is 5.24 Å². The fourth-order valence-electron chi connectivity index (χ4n) is 3.91. The summed E-state index contributed by atoms with van der Waals surface area (Å²) in [5.41, 5.74) is 4.05. The van der Waals surface area contributed by atoms with Crippen molar-refractivity contribution >= 4 is 28.6 Å². The zero-order chi connectivity index (χ0) is 26.1. The molecular weight excluding hydrogens is 476 g/mol. The Labute approximate surface area is 218 Å². The molecule has 2 aromatic carbocycles. The van der Waals surface area contributed by atoms with Gasteiger partial charge in [-0.1, -0.05) is 51.4 Å². The molecule has 1 unspecified atom stereocenters. The van der Waals surface area contributed by atoms with Crippen molar-refractivity contribution in [3.63, 3.8) is 0 Å². The largest absolute Gasteiger partial charge is 0.493 e. The van der Waals surface area contributed by atoms with Gasteiger partial charge >= 0.3 is 0 Å². The van der Waals surface area contributed by atoms with E-state index in [1.165, 1.54) is 0 Å². The van der Waals surface area contributed by atoms with Crippen molar-refractivity contribution in [2.24, 2.45) is 10.6 Å². The predicted molar refractivity (Wildman–Crippen MR) is 144 cm³/mol. The maximum absolute atomic E-state index is 11.8. The molecule has 2 amide bonds. The molecule has 0 bridgehead atoms. The summed E-state index contributed by atoms with van der Waals surface area (Å²) in [6, 6.07) is 13.5. The van der Waals surface area contributed by atoms with Gasteiger partial charge in [0.05, 0.1) is 18.9 Å². The van der Waals surface area contributed by atoms with Gasteiger partial charge in [-0.15, -0.1) is 0 Å². The lowest BCUT2D eigenvalue weighted by atomic mass is 9.87. The van der Waals surface area contributed by atoms with Crippen molar-refractivity contribution in [3.05, 3.63) is 59.2 Å². The monoisotopic (exact) mass is 512 g/mol. The van der Waals surface area contributed by atoms with Crippen LogP contribution in [0.4, 0.5) is 4.79 Å². The van der Waals surface area contributed by atoms with Crippen LogP contribution in [0.25, 0.3) is 0 Å². The Morgan fingerprint density at radius 1 is 1.06 bits per heavy atom. The van der Waals surface area contributed by atoms with Crippen molar-refractivity contribution in [2.75, 3.05) is 20.3 Å². The number of rotatable bonds is 12. The maximum Gasteiger partial charge on any atom is 0.286 e. The number of carbonyl (C=O) groups is 2. The number of hydrogen-bond donors (Lipinski definition) is 1. The average Bonchev–Trinajstić information content (AvgIpc) is 3.17. The molecule has 8 heteroatoms. The fourth-order valence-corrected chi connectivity index (χ4v) is 4.74. The molecule has 1 N–H and O–H groups in total. The normalized spacial score (nSPS) is 16.1. The fraction of sp³-hybridized carbons (Fsp3) is 0.464. The minimum Gasteiger partial charge on any atom is -0.493 e. The van der Waals surface area contributed by atoms with Crippen LogP contribution in [-0.4, -0.2) is 37.2 Å². The number of nitrogens with one attached hydrogen (secondary N) is 1.